The summed E-state index contributed by atoms with van der Waals surface area (Å²) < 4.78 is 3.21. The lowest BCUT2D eigenvalue weighted by atomic mass is 10.0. The Bertz CT molecular complexity index is 1690. The van der Waals surface area contributed by atoms with E-state index < -0.39 is 12.0 Å². The molecule has 1 unspecified atom stereocenters. The lowest BCUT2D eigenvalue weighted by molar-refractivity contribution is -0.137. The molecule has 0 saturated carbocycles. The van der Waals surface area contributed by atoms with Gasteiger partial charge in [0.2, 0.25) is 0 Å². The Kier molecular flexibility index (Phi) is 6.17. The number of carbonyl (C=O) groups is 2. The standard InChI is InChI=1S/C29H28N4O4/c1-17-8-7-11-22-27(17)21(16-31-22)18(2)32-23-13-12-20(28(36)30-3)14-25(23)33(29(32)37)24(15-26(34)35)19-9-5-4-6-10-19/h4-14,16,18,24,31H,15H2,1-3H3,(H,30,36)(H,34,35)/t18?,24-/m1/s1. The van der Waals surface area contributed by atoms with Gasteiger partial charge in [-0.15, -0.1) is 0 Å². The molecule has 0 aliphatic carbocycles. The first kappa shape index (κ1) is 24.1. The fourth-order valence-electron chi connectivity index (χ4n) is 5.27. The zero-order chi connectivity index (χ0) is 26.3. The third-order valence-electron chi connectivity index (χ3n) is 7.04. The molecule has 0 saturated heterocycles. The molecule has 2 aromatic heterocycles. The van der Waals surface area contributed by atoms with Crippen LogP contribution in [0.15, 0.2) is 77.7 Å². The summed E-state index contributed by atoms with van der Waals surface area (Å²) in [6, 6.07) is 19.1. The number of aromatic nitrogens is 3. The molecule has 0 spiro atoms. The van der Waals surface area contributed by atoms with Crippen molar-refractivity contribution in [2.75, 3.05) is 7.05 Å². The summed E-state index contributed by atoms with van der Waals surface area (Å²) >= 11 is 0. The molecule has 8 nitrogen and oxygen atoms in total. The van der Waals surface area contributed by atoms with Crippen LogP contribution in [0.25, 0.3) is 21.9 Å². The first-order valence-electron chi connectivity index (χ1n) is 12.1. The van der Waals surface area contributed by atoms with E-state index in [1.165, 1.54) is 4.57 Å². The number of benzene rings is 3. The van der Waals surface area contributed by atoms with E-state index in [1.807, 2.05) is 68.6 Å². The third kappa shape index (κ3) is 4.10. The number of aromatic amines is 1. The second-order valence-electron chi connectivity index (χ2n) is 9.25. The average Bonchev–Trinajstić information content (AvgIpc) is 3.46. The van der Waals surface area contributed by atoms with Crippen LogP contribution < -0.4 is 11.0 Å². The number of carboxylic acids is 1. The molecule has 0 aliphatic heterocycles. The molecule has 2 atom stereocenters. The SMILES string of the molecule is CNC(=O)c1ccc2c(c1)n([C@H](CC(=O)O)c1ccccc1)c(=O)n2C(C)c1c[nH]c2cccc(C)c12. The summed E-state index contributed by atoms with van der Waals surface area (Å²) in [7, 11) is 1.55. The highest BCUT2D eigenvalue weighted by molar-refractivity contribution is 5.97. The van der Waals surface area contributed by atoms with Crippen LogP contribution in [0.2, 0.25) is 0 Å². The number of amides is 1. The molecule has 5 rings (SSSR count). The molecule has 0 radical (unpaired) electrons. The Balaban J connectivity index is 1.81. The maximum atomic E-state index is 14.2. The molecule has 1 amide bonds. The smallest absolute Gasteiger partial charge is 0.330 e. The van der Waals surface area contributed by atoms with Gasteiger partial charge in [0.15, 0.2) is 0 Å². The minimum atomic E-state index is -1.02. The van der Waals surface area contributed by atoms with Crippen molar-refractivity contribution in [3.63, 3.8) is 0 Å². The van der Waals surface area contributed by atoms with E-state index >= 15 is 0 Å². The van der Waals surface area contributed by atoms with E-state index in [2.05, 4.69) is 10.3 Å². The highest BCUT2D eigenvalue weighted by Gasteiger charge is 2.28. The van der Waals surface area contributed by atoms with Gasteiger partial charge in [0.05, 0.1) is 29.5 Å². The van der Waals surface area contributed by atoms with Crippen molar-refractivity contribution >= 4 is 33.8 Å². The topological polar surface area (TPSA) is 109 Å². The van der Waals surface area contributed by atoms with Crippen LogP contribution in [0, 0.1) is 6.92 Å². The van der Waals surface area contributed by atoms with Crippen molar-refractivity contribution in [2.24, 2.45) is 0 Å². The number of H-pyrrole nitrogens is 1. The van der Waals surface area contributed by atoms with E-state index in [1.54, 1.807) is 29.8 Å². The van der Waals surface area contributed by atoms with Crippen molar-refractivity contribution in [1.82, 2.24) is 19.4 Å². The highest BCUT2D eigenvalue weighted by Crippen LogP contribution is 2.33. The van der Waals surface area contributed by atoms with Gasteiger partial charge in [0.25, 0.3) is 5.91 Å². The van der Waals surface area contributed by atoms with E-state index in [0.29, 0.717) is 22.2 Å². The first-order chi connectivity index (χ1) is 17.8. The van der Waals surface area contributed by atoms with Crippen LogP contribution in [-0.4, -0.2) is 38.1 Å². The van der Waals surface area contributed by atoms with Gasteiger partial charge < -0.3 is 15.4 Å². The van der Waals surface area contributed by atoms with E-state index in [4.69, 9.17) is 0 Å². The number of aryl methyl sites for hydroxylation is 1. The number of aliphatic carboxylic acids is 1. The fraction of sp³-hybridized carbons (Fsp3) is 0.207. The second kappa shape index (κ2) is 9.46. The van der Waals surface area contributed by atoms with Crippen molar-refractivity contribution in [3.8, 4) is 0 Å². The van der Waals surface area contributed by atoms with Crippen LogP contribution in [0.1, 0.15) is 52.5 Å². The largest absolute Gasteiger partial charge is 0.481 e. The van der Waals surface area contributed by atoms with Gasteiger partial charge in [0, 0.05) is 35.3 Å². The molecule has 37 heavy (non-hydrogen) atoms. The first-order valence-corrected chi connectivity index (χ1v) is 12.1. The zero-order valence-electron chi connectivity index (χ0n) is 20.9. The van der Waals surface area contributed by atoms with Gasteiger partial charge >= 0.3 is 11.7 Å². The molecule has 3 aromatic carbocycles. The Morgan fingerprint density at radius 2 is 1.76 bits per heavy atom. The molecule has 0 fully saturated rings. The van der Waals surface area contributed by atoms with Gasteiger partial charge in [-0.3, -0.25) is 18.7 Å². The fourth-order valence-corrected chi connectivity index (χ4v) is 5.27. The monoisotopic (exact) mass is 496 g/mol. The minimum Gasteiger partial charge on any atom is -0.481 e. The number of rotatable bonds is 7. The van der Waals surface area contributed by atoms with Crippen molar-refractivity contribution < 1.29 is 14.7 Å². The van der Waals surface area contributed by atoms with Crippen LogP contribution in [0.3, 0.4) is 0 Å². The summed E-state index contributed by atoms with van der Waals surface area (Å²) in [5.41, 5.74) is 4.91. The molecule has 8 heteroatoms. The number of fused-ring (bicyclic) bond motifs is 2. The average molecular weight is 497 g/mol. The van der Waals surface area contributed by atoms with Gasteiger partial charge in [0.1, 0.15) is 0 Å². The summed E-state index contributed by atoms with van der Waals surface area (Å²) in [4.78, 5) is 41.9. The zero-order valence-corrected chi connectivity index (χ0v) is 20.9. The molecule has 188 valence electrons. The number of imidazole rings is 1. The van der Waals surface area contributed by atoms with Crippen molar-refractivity contribution in [1.29, 1.82) is 0 Å². The minimum absolute atomic E-state index is 0.284. The quantitative estimate of drug-likeness (QED) is 0.305. The maximum Gasteiger partial charge on any atom is 0.330 e. The van der Waals surface area contributed by atoms with Gasteiger partial charge in [-0.1, -0.05) is 42.5 Å². The predicted molar refractivity (Wildman–Crippen MR) is 143 cm³/mol. The molecular weight excluding hydrogens is 468 g/mol. The lowest BCUT2D eigenvalue weighted by Gasteiger charge is -2.18. The van der Waals surface area contributed by atoms with E-state index in [0.717, 1.165) is 22.0 Å². The van der Waals surface area contributed by atoms with Crippen LogP contribution in [0.4, 0.5) is 0 Å². The van der Waals surface area contributed by atoms with Crippen LogP contribution in [0.5, 0.6) is 0 Å². The summed E-state index contributed by atoms with van der Waals surface area (Å²) in [5, 5.41) is 13.4. The van der Waals surface area contributed by atoms with Crippen molar-refractivity contribution in [3.05, 3.63) is 106 Å². The molecule has 0 aliphatic rings. The summed E-state index contributed by atoms with van der Waals surface area (Å²) in [6.45, 7) is 3.99. The normalized spacial score (nSPS) is 13.1. The summed E-state index contributed by atoms with van der Waals surface area (Å²) in [5.74, 6) is -1.31. The number of nitrogens with zero attached hydrogens (tertiary/aromatic N) is 2. The Morgan fingerprint density at radius 3 is 2.46 bits per heavy atom. The summed E-state index contributed by atoms with van der Waals surface area (Å²) in [6.07, 6.45) is 1.64. The molecule has 0 bridgehead atoms. The number of carbonyl (C=O) groups excluding carboxylic acids is 1. The Morgan fingerprint density at radius 1 is 1.00 bits per heavy atom. The third-order valence-corrected chi connectivity index (χ3v) is 7.04. The molecular formula is C29H28N4O4. The molecule has 5 aromatic rings. The highest BCUT2D eigenvalue weighted by atomic mass is 16.4. The van der Waals surface area contributed by atoms with Crippen LogP contribution in [-0.2, 0) is 4.79 Å². The van der Waals surface area contributed by atoms with Gasteiger partial charge in [-0.05, 0) is 49.2 Å². The predicted octanol–water partition coefficient (Wildman–Crippen LogP) is 4.63. The number of nitrogens with one attached hydrogen (secondary N) is 2. The number of carboxylic acid groups (broad SMARTS) is 1. The number of hydrogen-bond donors (Lipinski definition) is 3. The van der Waals surface area contributed by atoms with E-state index in [-0.39, 0.29) is 24.1 Å². The van der Waals surface area contributed by atoms with Gasteiger partial charge in [-0.2, -0.15) is 0 Å². The van der Waals surface area contributed by atoms with Crippen molar-refractivity contribution in [2.45, 2.75) is 32.4 Å². The maximum absolute atomic E-state index is 14.2. The Hall–Kier alpha value is -4.59. The lowest BCUT2D eigenvalue weighted by Crippen LogP contribution is -2.31. The molecule has 3 N–H and O–H groups in total. The van der Waals surface area contributed by atoms with Gasteiger partial charge in [-0.25, -0.2) is 4.79 Å². The molecule has 2 heterocycles. The van der Waals surface area contributed by atoms with Crippen LogP contribution >= 0.6 is 0 Å². The second-order valence-corrected chi connectivity index (χ2v) is 9.25. The van der Waals surface area contributed by atoms with E-state index in [9.17, 15) is 19.5 Å². The Labute approximate surface area is 213 Å². The number of hydrogen-bond acceptors (Lipinski definition) is 3.